The van der Waals surface area contributed by atoms with Crippen molar-refractivity contribution in [1.29, 1.82) is 0 Å². The number of carboxylic acid groups (broad SMARTS) is 1. The van der Waals surface area contributed by atoms with Gasteiger partial charge < -0.3 is 9.84 Å². The number of hydrogen-bond donors (Lipinski definition) is 1. The van der Waals surface area contributed by atoms with Gasteiger partial charge in [-0.25, -0.2) is 0 Å². The molecule has 1 saturated heterocycles. The zero-order valence-electron chi connectivity index (χ0n) is 10.8. The van der Waals surface area contributed by atoms with Crippen LogP contribution in [0.25, 0.3) is 0 Å². The molecular weight excluding hydrogens is 228 g/mol. The van der Waals surface area contributed by atoms with Gasteiger partial charge in [0.05, 0.1) is 12.0 Å². The normalized spacial score (nSPS) is 21.5. The van der Waals surface area contributed by atoms with Crippen molar-refractivity contribution in [2.24, 2.45) is 0 Å². The van der Waals surface area contributed by atoms with Crippen LogP contribution in [0.2, 0.25) is 0 Å². The van der Waals surface area contributed by atoms with Gasteiger partial charge in [-0.3, -0.25) is 4.79 Å². The van der Waals surface area contributed by atoms with Gasteiger partial charge in [-0.2, -0.15) is 0 Å². The maximum absolute atomic E-state index is 11.4. The third kappa shape index (κ3) is 3.33. The van der Waals surface area contributed by atoms with E-state index in [1.807, 2.05) is 31.2 Å². The number of carbonyl (C=O) groups is 1. The largest absolute Gasteiger partial charge is 0.481 e. The van der Waals surface area contributed by atoms with Crippen LogP contribution in [0.4, 0.5) is 0 Å². The van der Waals surface area contributed by atoms with Crippen molar-refractivity contribution in [1.82, 2.24) is 0 Å². The lowest BCUT2D eigenvalue weighted by atomic mass is 9.90. The number of aliphatic carboxylic acids is 1. The molecule has 1 aliphatic heterocycles. The van der Waals surface area contributed by atoms with E-state index in [1.54, 1.807) is 0 Å². The summed E-state index contributed by atoms with van der Waals surface area (Å²) < 4.78 is 5.65. The van der Waals surface area contributed by atoms with E-state index in [1.165, 1.54) is 0 Å². The highest BCUT2D eigenvalue weighted by molar-refractivity contribution is 5.76. The molecule has 0 radical (unpaired) electrons. The van der Waals surface area contributed by atoms with Gasteiger partial charge >= 0.3 is 5.97 Å². The first-order chi connectivity index (χ1) is 8.66. The molecular formula is C15H20O3. The third-order valence-corrected chi connectivity index (χ3v) is 3.52. The molecule has 2 unspecified atom stereocenters. The second kappa shape index (κ2) is 6.01. The Kier molecular flexibility index (Phi) is 4.37. The van der Waals surface area contributed by atoms with Crippen molar-refractivity contribution < 1.29 is 14.6 Å². The monoisotopic (exact) mass is 248 g/mol. The predicted molar refractivity (Wildman–Crippen MR) is 69.8 cm³/mol. The Labute approximate surface area is 108 Å². The summed E-state index contributed by atoms with van der Waals surface area (Å²) in [5.41, 5.74) is 1.99. The molecule has 0 saturated carbocycles. The smallest absolute Gasteiger partial charge is 0.311 e. The fourth-order valence-corrected chi connectivity index (χ4v) is 2.52. The fraction of sp³-hybridized carbons (Fsp3) is 0.533. The van der Waals surface area contributed by atoms with Gasteiger partial charge in [0.15, 0.2) is 0 Å². The lowest BCUT2D eigenvalue weighted by Crippen LogP contribution is -2.25. The molecule has 0 bridgehead atoms. The lowest BCUT2D eigenvalue weighted by molar-refractivity contribution is -0.140. The average molecular weight is 248 g/mol. The molecule has 3 heteroatoms. The van der Waals surface area contributed by atoms with Gasteiger partial charge in [0.1, 0.15) is 0 Å². The summed E-state index contributed by atoms with van der Waals surface area (Å²) in [4.78, 5) is 11.4. The van der Waals surface area contributed by atoms with Crippen LogP contribution < -0.4 is 0 Å². The molecule has 3 nitrogen and oxygen atoms in total. The molecule has 0 spiro atoms. The van der Waals surface area contributed by atoms with Crippen LogP contribution >= 0.6 is 0 Å². The minimum Gasteiger partial charge on any atom is -0.481 e. The quantitative estimate of drug-likeness (QED) is 0.890. The van der Waals surface area contributed by atoms with Crippen molar-refractivity contribution in [2.45, 2.75) is 44.6 Å². The van der Waals surface area contributed by atoms with E-state index >= 15 is 0 Å². The molecule has 0 aromatic heterocycles. The highest BCUT2D eigenvalue weighted by Gasteiger charge is 2.26. The number of aryl methyl sites for hydroxylation is 1. The van der Waals surface area contributed by atoms with Crippen LogP contribution in [-0.4, -0.2) is 23.8 Å². The minimum atomic E-state index is -0.755. The molecule has 1 aliphatic rings. The van der Waals surface area contributed by atoms with Gasteiger partial charge in [-0.05, 0) is 38.2 Å². The SMILES string of the molecule is Cc1cccc(C(CC2CCCCO2)C(=O)O)c1. The van der Waals surface area contributed by atoms with Crippen molar-refractivity contribution in [2.75, 3.05) is 6.61 Å². The Bertz CT molecular complexity index is 408. The second-order valence-electron chi connectivity index (χ2n) is 5.03. The third-order valence-electron chi connectivity index (χ3n) is 3.52. The Morgan fingerprint density at radius 3 is 2.94 bits per heavy atom. The molecule has 1 aromatic carbocycles. The van der Waals surface area contributed by atoms with Crippen LogP contribution in [0, 0.1) is 6.92 Å². The van der Waals surface area contributed by atoms with Crippen molar-refractivity contribution >= 4 is 5.97 Å². The van der Waals surface area contributed by atoms with Crippen molar-refractivity contribution in [3.63, 3.8) is 0 Å². The fourth-order valence-electron chi connectivity index (χ4n) is 2.52. The predicted octanol–water partition coefficient (Wildman–Crippen LogP) is 3.12. The van der Waals surface area contributed by atoms with Crippen LogP contribution in [0.15, 0.2) is 24.3 Å². The van der Waals surface area contributed by atoms with E-state index in [2.05, 4.69) is 0 Å². The average Bonchev–Trinajstić information content (AvgIpc) is 2.37. The molecule has 2 atom stereocenters. The van der Waals surface area contributed by atoms with Gasteiger partial charge in [0, 0.05) is 6.61 Å². The molecule has 1 N–H and O–H groups in total. The highest BCUT2D eigenvalue weighted by Crippen LogP contribution is 2.27. The van der Waals surface area contributed by atoms with Crippen LogP contribution in [-0.2, 0) is 9.53 Å². The number of rotatable bonds is 4. The first-order valence-electron chi connectivity index (χ1n) is 6.58. The number of ether oxygens (including phenoxy) is 1. The Balaban J connectivity index is 2.10. The first-order valence-corrected chi connectivity index (χ1v) is 6.58. The van der Waals surface area contributed by atoms with Crippen LogP contribution in [0.5, 0.6) is 0 Å². The van der Waals surface area contributed by atoms with E-state index < -0.39 is 11.9 Å². The topological polar surface area (TPSA) is 46.5 Å². The second-order valence-corrected chi connectivity index (χ2v) is 5.03. The highest BCUT2D eigenvalue weighted by atomic mass is 16.5. The summed E-state index contributed by atoms with van der Waals surface area (Å²) in [6.07, 6.45) is 3.90. The summed E-state index contributed by atoms with van der Waals surface area (Å²) in [5.74, 6) is -1.21. The Morgan fingerprint density at radius 1 is 1.50 bits per heavy atom. The van der Waals surface area contributed by atoms with Crippen LogP contribution in [0.1, 0.15) is 42.7 Å². The zero-order valence-corrected chi connectivity index (χ0v) is 10.8. The Morgan fingerprint density at radius 2 is 2.33 bits per heavy atom. The van der Waals surface area contributed by atoms with Gasteiger partial charge in [-0.15, -0.1) is 0 Å². The zero-order chi connectivity index (χ0) is 13.0. The number of benzene rings is 1. The van der Waals surface area contributed by atoms with E-state index in [0.29, 0.717) is 6.42 Å². The van der Waals surface area contributed by atoms with Gasteiger partial charge in [-0.1, -0.05) is 29.8 Å². The molecule has 1 heterocycles. The van der Waals surface area contributed by atoms with Crippen molar-refractivity contribution in [3.05, 3.63) is 35.4 Å². The number of hydrogen-bond acceptors (Lipinski definition) is 2. The summed E-state index contributed by atoms with van der Waals surface area (Å²) in [7, 11) is 0. The van der Waals surface area contributed by atoms with E-state index in [9.17, 15) is 9.90 Å². The Hall–Kier alpha value is -1.35. The summed E-state index contributed by atoms with van der Waals surface area (Å²) in [5, 5.41) is 9.39. The molecule has 98 valence electrons. The first kappa shape index (κ1) is 13.1. The van der Waals surface area contributed by atoms with Crippen LogP contribution in [0.3, 0.4) is 0 Å². The van der Waals surface area contributed by atoms with E-state index in [4.69, 9.17) is 4.74 Å². The lowest BCUT2D eigenvalue weighted by Gasteiger charge is -2.25. The van der Waals surface area contributed by atoms with Gasteiger partial charge in [0.25, 0.3) is 0 Å². The molecule has 0 aliphatic carbocycles. The van der Waals surface area contributed by atoms with Crippen molar-refractivity contribution in [3.8, 4) is 0 Å². The maximum Gasteiger partial charge on any atom is 0.311 e. The van der Waals surface area contributed by atoms with E-state index in [0.717, 1.165) is 37.0 Å². The molecule has 18 heavy (non-hydrogen) atoms. The number of carboxylic acids is 1. The molecule has 0 amide bonds. The standard InChI is InChI=1S/C15H20O3/c1-11-5-4-6-12(9-11)14(15(16)17)10-13-7-2-3-8-18-13/h4-6,9,13-14H,2-3,7-8,10H2,1H3,(H,16,17). The summed E-state index contributed by atoms with van der Waals surface area (Å²) in [6, 6.07) is 7.76. The molecule has 1 fully saturated rings. The minimum absolute atomic E-state index is 0.0976. The summed E-state index contributed by atoms with van der Waals surface area (Å²) in [6.45, 7) is 2.75. The maximum atomic E-state index is 11.4. The van der Waals surface area contributed by atoms with E-state index in [-0.39, 0.29) is 6.10 Å². The van der Waals surface area contributed by atoms with Gasteiger partial charge in [0.2, 0.25) is 0 Å². The molecule has 1 aromatic rings. The summed E-state index contributed by atoms with van der Waals surface area (Å²) >= 11 is 0. The molecule has 2 rings (SSSR count).